The molecule has 2 N–H and O–H groups in total. The Hall–Kier alpha value is -3.26. The number of aromatic nitrogens is 2. The third kappa shape index (κ3) is 4.03. The zero-order chi connectivity index (χ0) is 22.0. The molecule has 1 aliphatic rings. The van der Waals surface area contributed by atoms with E-state index in [0.29, 0.717) is 52.9 Å². The van der Waals surface area contributed by atoms with Crippen LogP contribution in [0.15, 0.2) is 59.6 Å². The second-order valence-electron chi connectivity index (χ2n) is 7.34. The Bertz CT molecular complexity index is 1100. The van der Waals surface area contributed by atoms with Crippen molar-refractivity contribution in [3.8, 4) is 11.4 Å². The Labute approximate surface area is 185 Å². The SMILES string of the molecule is COc1ccc(-n2nc(SC)c(N3CCC(C(=O)c4ccccc4)C3)c2C(N)=O)cc1. The normalized spacial score (nSPS) is 15.8. The first-order valence-corrected chi connectivity index (χ1v) is 11.2. The second-order valence-corrected chi connectivity index (χ2v) is 8.14. The highest BCUT2D eigenvalue weighted by atomic mass is 32.2. The number of nitrogens with two attached hydrogens (primary N) is 1. The summed E-state index contributed by atoms with van der Waals surface area (Å²) in [4.78, 5) is 27.5. The maximum absolute atomic E-state index is 12.9. The highest BCUT2D eigenvalue weighted by molar-refractivity contribution is 7.98. The number of benzene rings is 2. The molecule has 8 heteroatoms. The van der Waals surface area contributed by atoms with Gasteiger partial charge in [-0.2, -0.15) is 5.10 Å². The summed E-state index contributed by atoms with van der Waals surface area (Å²) >= 11 is 1.45. The zero-order valence-electron chi connectivity index (χ0n) is 17.4. The number of carbonyl (C=O) groups excluding carboxylic acids is 2. The summed E-state index contributed by atoms with van der Waals surface area (Å²) in [7, 11) is 1.60. The average Bonchev–Trinajstić information content (AvgIpc) is 3.44. The molecule has 1 atom stereocenters. The smallest absolute Gasteiger partial charge is 0.269 e. The Morgan fingerprint density at radius 1 is 1.13 bits per heavy atom. The Morgan fingerprint density at radius 2 is 1.84 bits per heavy atom. The van der Waals surface area contributed by atoms with Crippen molar-refractivity contribution in [2.24, 2.45) is 11.7 Å². The fourth-order valence-electron chi connectivity index (χ4n) is 3.96. The molecule has 0 saturated carbocycles. The lowest BCUT2D eigenvalue weighted by atomic mass is 9.97. The molecule has 2 heterocycles. The molecule has 1 aliphatic heterocycles. The minimum atomic E-state index is -0.559. The highest BCUT2D eigenvalue weighted by Gasteiger charge is 2.34. The van der Waals surface area contributed by atoms with Gasteiger partial charge in [-0.25, -0.2) is 4.68 Å². The number of nitrogens with zero attached hydrogens (tertiary/aromatic N) is 3. The summed E-state index contributed by atoms with van der Waals surface area (Å²) in [6.45, 7) is 1.18. The lowest BCUT2D eigenvalue weighted by molar-refractivity contribution is 0.0930. The van der Waals surface area contributed by atoms with Crippen molar-refractivity contribution < 1.29 is 14.3 Å². The second kappa shape index (κ2) is 8.85. The van der Waals surface area contributed by atoms with E-state index < -0.39 is 5.91 Å². The number of primary amides is 1. The maximum Gasteiger partial charge on any atom is 0.269 e. The number of ether oxygens (including phenoxy) is 1. The molecular formula is C23H24N4O3S. The van der Waals surface area contributed by atoms with Crippen LogP contribution in [-0.2, 0) is 0 Å². The third-order valence-electron chi connectivity index (χ3n) is 5.51. The number of hydrogen-bond acceptors (Lipinski definition) is 6. The van der Waals surface area contributed by atoms with Crippen molar-refractivity contribution in [1.82, 2.24) is 9.78 Å². The van der Waals surface area contributed by atoms with Crippen molar-refractivity contribution >= 4 is 29.1 Å². The van der Waals surface area contributed by atoms with Gasteiger partial charge in [-0.3, -0.25) is 9.59 Å². The molecule has 1 aromatic heterocycles. The average molecular weight is 437 g/mol. The van der Waals surface area contributed by atoms with E-state index in [9.17, 15) is 9.59 Å². The minimum Gasteiger partial charge on any atom is -0.497 e. The van der Waals surface area contributed by atoms with Crippen LogP contribution in [0.4, 0.5) is 5.69 Å². The molecule has 1 fully saturated rings. The molecule has 31 heavy (non-hydrogen) atoms. The molecule has 1 amide bonds. The molecule has 0 aliphatic carbocycles. The number of rotatable bonds is 7. The number of thioether (sulfide) groups is 1. The molecule has 0 spiro atoms. The van der Waals surface area contributed by atoms with Crippen molar-refractivity contribution in [3.05, 3.63) is 65.9 Å². The fraction of sp³-hybridized carbons (Fsp3) is 0.261. The van der Waals surface area contributed by atoms with Gasteiger partial charge in [0.2, 0.25) is 0 Å². The molecule has 7 nitrogen and oxygen atoms in total. The van der Waals surface area contributed by atoms with Gasteiger partial charge in [0.05, 0.1) is 12.8 Å². The van der Waals surface area contributed by atoms with E-state index in [2.05, 4.69) is 10.00 Å². The van der Waals surface area contributed by atoms with Gasteiger partial charge in [0.15, 0.2) is 11.5 Å². The van der Waals surface area contributed by atoms with Crippen molar-refractivity contribution in [3.63, 3.8) is 0 Å². The monoisotopic (exact) mass is 436 g/mol. The predicted molar refractivity (Wildman–Crippen MR) is 122 cm³/mol. The number of ketones is 1. The maximum atomic E-state index is 12.9. The molecule has 2 aromatic carbocycles. The highest BCUT2D eigenvalue weighted by Crippen LogP contribution is 2.37. The van der Waals surface area contributed by atoms with Crippen LogP contribution in [0.5, 0.6) is 5.75 Å². The van der Waals surface area contributed by atoms with Crippen LogP contribution >= 0.6 is 11.8 Å². The van der Waals surface area contributed by atoms with Crippen LogP contribution in [0.1, 0.15) is 27.3 Å². The first kappa shape index (κ1) is 21.0. The number of Topliss-reactive ketones (excluding diaryl/α,β-unsaturated/α-hetero) is 1. The Morgan fingerprint density at radius 3 is 2.45 bits per heavy atom. The van der Waals surface area contributed by atoms with E-state index in [0.717, 1.165) is 0 Å². The summed E-state index contributed by atoms with van der Waals surface area (Å²) in [5.74, 6) is 0.138. The van der Waals surface area contributed by atoms with Crippen LogP contribution < -0.4 is 15.4 Å². The molecule has 1 unspecified atom stereocenters. The fourth-order valence-corrected chi connectivity index (χ4v) is 4.54. The van der Waals surface area contributed by atoms with Gasteiger partial charge < -0.3 is 15.4 Å². The van der Waals surface area contributed by atoms with Gasteiger partial charge in [-0.1, -0.05) is 30.3 Å². The standard InChI is InChI=1S/C23H24N4O3S/c1-30-18-10-8-17(9-11-18)27-19(22(24)29)20(23(25-27)31-2)26-13-12-16(14-26)21(28)15-6-4-3-5-7-15/h3-11,16H,12-14H2,1-2H3,(H2,24,29). The van der Waals surface area contributed by atoms with Crippen LogP contribution in [0, 0.1) is 5.92 Å². The van der Waals surface area contributed by atoms with E-state index in [1.165, 1.54) is 11.8 Å². The first-order valence-electron chi connectivity index (χ1n) is 9.99. The molecule has 0 bridgehead atoms. The quantitative estimate of drug-likeness (QED) is 0.451. The number of anilines is 1. The molecule has 160 valence electrons. The molecule has 3 aromatic rings. The van der Waals surface area contributed by atoms with Crippen molar-refractivity contribution in [1.29, 1.82) is 0 Å². The zero-order valence-corrected chi connectivity index (χ0v) is 18.3. The number of hydrogen-bond donors (Lipinski definition) is 1. The van der Waals surface area contributed by atoms with E-state index in [4.69, 9.17) is 10.5 Å². The summed E-state index contributed by atoms with van der Waals surface area (Å²) in [6.07, 6.45) is 2.63. The van der Waals surface area contributed by atoms with Crippen LogP contribution in [0.2, 0.25) is 0 Å². The Kier molecular flexibility index (Phi) is 5.99. The van der Waals surface area contributed by atoms with Crippen LogP contribution in [-0.4, -0.2) is 47.9 Å². The van der Waals surface area contributed by atoms with Crippen molar-refractivity contribution in [2.45, 2.75) is 11.4 Å². The van der Waals surface area contributed by atoms with Crippen LogP contribution in [0.3, 0.4) is 0 Å². The van der Waals surface area contributed by atoms with Gasteiger partial charge >= 0.3 is 0 Å². The van der Waals surface area contributed by atoms with Gasteiger partial charge in [0.25, 0.3) is 5.91 Å². The van der Waals surface area contributed by atoms with E-state index >= 15 is 0 Å². The largest absolute Gasteiger partial charge is 0.497 e. The molecular weight excluding hydrogens is 412 g/mol. The summed E-state index contributed by atoms with van der Waals surface area (Å²) in [6, 6.07) is 16.6. The molecule has 4 rings (SSSR count). The van der Waals surface area contributed by atoms with E-state index in [1.807, 2.05) is 60.9 Å². The Balaban J connectivity index is 1.68. The minimum absolute atomic E-state index is 0.122. The lowest BCUT2D eigenvalue weighted by Crippen LogP contribution is -2.27. The number of amides is 1. The summed E-state index contributed by atoms with van der Waals surface area (Å²) in [5.41, 5.74) is 8.24. The van der Waals surface area contributed by atoms with E-state index in [1.54, 1.807) is 11.8 Å². The summed E-state index contributed by atoms with van der Waals surface area (Å²) in [5, 5.41) is 5.37. The third-order valence-corrected chi connectivity index (χ3v) is 6.17. The lowest BCUT2D eigenvalue weighted by Gasteiger charge is -2.19. The van der Waals surface area contributed by atoms with Crippen molar-refractivity contribution in [2.75, 3.05) is 31.4 Å². The van der Waals surface area contributed by atoms with Gasteiger partial charge in [-0.15, -0.1) is 11.8 Å². The summed E-state index contributed by atoms with van der Waals surface area (Å²) < 4.78 is 6.80. The predicted octanol–water partition coefficient (Wildman–Crippen LogP) is 3.41. The molecule has 1 saturated heterocycles. The first-order chi connectivity index (χ1) is 15.0. The number of methoxy groups -OCH3 is 1. The van der Waals surface area contributed by atoms with Gasteiger partial charge in [-0.05, 0) is 36.9 Å². The number of carbonyl (C=O) groups is 2. The van der Waals surface area contributed by atoms with Crippen LogP contribution in [0.25, 0.3) is 5.69 Å². The topological polar surface area (TPSA) is 90.4 Å². The molecule has 0 radical (unpaired) electrons. The van der Waals surface area contributed by atoms with E-state index in [-0.39, 0.29) is 11.7 Å². The van der Waals surface area contributed by atoms with Gasteiger partial charge in [0, 0.05) is 24.6 Å². The van der Waals surface area contributed by atoms with Gasteiger partial charge in [0.1, 0.15) is 16.5 Å².